The molecule has 4 N–H and O–H groups in total. The average molecular weight is 765 g/mol. The third kappa shape index (κ3) is 12.6. The van der Waals surface area contributed by atoms with Gasteiger partial charge in [0.25, 0.3) is 0 Å². The van der Waals surface area contributed by atoms with E-state index in [2.05, 4.69) is 83.4 Å². The molecule has 2 unspecified atom stereocenters. The van der Waals surface area contributed by atoms with E-state index in [9.17, 15) is 19.2 Å². The van der Waals surface area contributed by atoms with E-state index in [-0.39, 0.29) is 55.3 Å². The van der Waals surface area contributed by atoms with Crippen molar-refractivity contribution in [3.8, 4) is 0 Å². The Morgan fingerprint density at radius 3 is 1.79 bits per heavy atom. The van der Waals surface area contributed by atoms with Crippen molar-refractivity contribution in [1.29, 1.82) is 0 Å². The Morgan fingerprint density at radius 1 is 0.787 bits per heavy atom. The summed E-state index contributed by atoms with van der Waals surface area (Å²) in [5, 5.41) is 9.19. The van der Waals surface area contributed by atoms with Crippen LogP contribution >= 0.6 is 28.9 Å². The normalized spacial score (nSPS) is 12.1. The highest BCUT2D eigenvalue weighted by atomic mass is 79.9. The first-order chi connectivity index (χ1) is 22.3. The maximum atomic E-state index is 13.0. The number of esters is 2. The molecule has 13 heteroatoms. The maximum Gasteiger partial charge on any atom is 0.325 e. The molecule has 9 nitrogen and oxygen atoms in total. The van der Waals surface area contributed by atoms with Gasteiger partial charge >= 0.3 is 11.9 Å². The molecule has 0 bridgehead atoms. The monoisotopic (exact) mass is 763 g/mol. The van der Waals surface area contributed by atoms with Crippen LogP contribution in [0.15, 0.2) is 91.0 Å². The summed E-state index contributed by atoms with van der Waals surface area (Å²) >= 11 is 0. The standard InChI is InChI=1S/C34H42N3O6PS2.BrH/c1-3-42-32(39)24-36-33(40)30(37-31(38)21-20-29(35)34(41)43-4-2)25-46-45-23-22-44(26-14-8-5-9-15-26,27-16-10-6-11-17-27)28-18-12-7-13-19-28;/h5-19,29-30H,3-4,20-25,35H2,1-2H3,(H-,36,37,38,40);1H. The molecule has 254 valence electrons. The van der Waals surface area contributed by atoms with E-state index >= 15 is 0 Å². The number of hydrogen-bond acceptors (Lipinski definition) is 9. The van der Waals surface area contributed by atoms with Gasteiger partial charge in [0.1, 0.15) is 41.8 Å². The lowest BCUT2D eigenvalue weighted by molar-refractivity contribution is -0.145. The van der Waals surface area contributed by atoms with Crippen molar-refractivity contribution in [2.45, 2.75) is 38.8 Å². The summed E-state index contributed by atoms with van der Waals surface area (Å²) in [5.41, 5.74) is 5.84. The number of rotatable bonds is 19. The molecular formula is C34H43BrN3O6PS2. The fraction of sp³-hybridized carbons (Fsp3) is 0.353. The maximum absolute atomic E-state index is 13.0. The van der Waals surface area contributed by atoms with Crippen LogP contribution in [0.1, 0.15) is 26.7 Å². The van der Waals surface area contributed by atoms with Crippen LogP contribution in [0.25, 0.3) is 0 Å². The Hall–Kier alpha value is -2.89. The van der Waals surface area contributed by atoms with Gasteiger partial charge in [-0.2, -0.15) is 0 Å². The molecular weight excluding hydrogens is 721 g/mol. The van der Waals surface area contributed by atoms with Gasteiger partial charge in [0.2, 0.25) is 11.8 Å². The molecule has 0 aliphatic carbocycles. The molecule has 0 saturated carbocycles. The van der Waals surface area contributed by atoms with E-state index in [0.717, 1.165) is 11.9 Å². The third-order valence-electron chi connectivity index (χ3n) is 7.05. The number of amides is 2. The number of carbonyl (C=O) groups is 4. The summed E-state index contributed by atoms with van der Waals surface area (Å²) in [6.45, 7) is 3.45. The lowest BCUT2D eigenvalue weighted by Gasteiger charge is -2.27. The fourth-order valence-electron chi connectivity index (χ4n) is 4.83. The Bertz CT molecular complexity index is 1300. The van der Waals surface area contributed by atoms with E-state index < -0.39 is 43.1 Å². The van der Waals surface area contributed by atoms with Gasteiger partial charge in [-0.3, -0.25) is 19.2 Å². The number of nitrogens with one attached hydrogen (secondary N) is 2. The summed E-state index contributed by atoms with van der Waals surface area (Å²) in [7, 11) is 1.12. The molecule has 0 fully saturated rings. The summed E-state index contributed by atoms with van der Waals surface area (Å²) in [5.74, 6) is -1.01. The van der Waals surface area contributed by atoms with Gasteiger partial charge in [0.05, 0.1) is 19.4 Å². The average Bonchev–Trinajstić information content (AvgIpc) is 3.08. The second-order valence-electron chi connectivity index (χ2n) is 10.2. The van der Waals surface area contributed by atoms with Crippen molar-refractivity contribution in [2.75, 3.05) is 37.4 Å². The quantitative estimate of drug-likeness (QED) is 0.0678. The van der Waals surface area contributed by atoms with Crippen LogP contribution in [-0.4, -0.2) is 73.3 Å². The topological polar surface area (TPSA) is 137 Å². The predicted octanol–water partition coefficient (Wildman–Crippen LogP) is 0.201. The van der Waals surface area contributed by atoms with Gasteiger partial charge < -0.3 is 42.8 Å². The van der Waals surface area contributed by atoms with Crippen LogP contribution in [-0.2, 0) is 28.7 Å². The summed E-state index contributed by atoms with van der Waals surface area (Å²) in [6, 6.07) is 30.0. The lowest BCUT2D eigenvalue weighted by atomic mass is 10.1. The number of ether oxygens (including phenoxy) is 2. The van der Waals surface area contributed by atoms with E-state index in [1.165, 1.54) is 26.7 Å². The zero-order valence-corrected chi connectivity index (χ0v) is 30.8. The minimum atomic E-state index is -2.00. The molecule has 0 aromatic heterocycles. The van der Waals surface area contributed by atoms with Crippen molar-refractivity contribution in [1.82, 2.24) is 10.6 Å². The Balaban J connectivity index is 0.00000768. The minimum absolute atomic E-state index is 0. The molecule has 47 heavy (non-hydrogen) atoms. The summed E-state index contributed by atoms with van der Waals surface area (Å²) in [6.07, 6.45) is 0.909. The van der Waals surface area contributed by atoms with Gasteiger partial charge in [-0.25, -0.2) is 0 Å². The first-order valence-corrected chi connectivity index (χ1v) is 19.7. The zero-order valence-electron chi connectivity index (χ0n) is 26.6. The van der Waals surface area contributed by atoms with Crippen molar-refractivity contribution in [3.63, 3.8) is 0 Å². The fourth-order valence-corrected chi connectivity index (χ4v) is 12.2. The number of carbonyl (C=O) groups excluding carboxylic acids is 4. The smallest absolute Gasteiger partial charge is 0.325 e. The Morgan fingerprint density at radius 2 is 1.30 bits per heavy atom. The number of halogens is 1. The van der Waals surface area contributed by atoms with Crippen LogP contribution in [0.3, 0.4) is 0 Å². The molecule has 0 heterocycles. The van der Waals surface area contributed by atoms with Gasteiger partial charge in [-0.1, -0.05) is 76.2 Å². The SMILES string of the molecule is CCOC(=O)CNC(=O)C(CSSCC[P+](c1ccccc1)(c1ccccc1)c1ccccc1)NC(=O)CCC(N)C(=O)OCC.[Br-]. The molecule has 3 aromatic rings. The highest BCUT2D eigenvalue weighted by molar-refractivity contribution is 8.76. The number of nitrogens with two attached hydrogens (primary N) is 1. The van der Waals surface area contributed by atoms with E-state index in [0.29, 0.717) is 0 Å². The van der Waals surface area contributed by atoms with Crippen LogP contribution < -0.4 is 49.3 Å². The molecule has 3 rings (SSSR count). The van der Waals surface area contributed by atoms with Crippen molar-refractivity contribution in [3.05, 3.63) is 91.0 Å². The van der Waals surface area contributed by atoms with Crippen LogP contribution in [0.4, 0.5) is 0 Å². The van der Waals surface area contributed by atoms with Gasteiger partial charge in [0, 0.05) is 17.9 Å². The minimum Gasteiger partial charge on any atom is -1.00 e. The highest BCUT2D eigenvalue weighted by Crippen LogP contribution is 2.55. The second kappa shape index (κ2) is 21.9. The van der Waals surface area contributed by atoms with Gasteiger partial charge in [-0.15, -0.1) is 0 Å². The van der Waals surface area contributed by atoms with E-state index in [4.69, 9.17) is 15.2 Å². The Labute approximate surface area is 296 Å². The molecule has 0 aliphatic heterocycles. The van der Waals surface area contributed by atoms with E-state index in [1.54, 1.807) is 24.6 Å². The molecule has 0 radical (unpaired) electrons. The predicted molar refractivity (Wildman–Crippen MR) is 190 cm³/mol. The molecule has 0 spiro atoms. The molecule has 3 aromatic carbocycles. The van der Waals surface area contributed by atoms with Crippen LogP contribution in [0.2, 0.25) is 0 Å². The largest absolute Gasteiger partial charge is 1.00 e. The van der Waals surface area contributed by atoms with Crippen LogP contribution in [0.5, 0.6) is 0 Å². The zero-order chi connectivity index (χ0) is 33.2. The highest BCUT2D eigenvalue weighted by Gasteiger charge is 2.44. The second-order valence-corrected chi connectivity index (χ2v) is 16.4. The molecule has 2 amide bonds. The van der Waals surface area contributed by atoms with Gasteiger partial charge in [-0.05, 0) is 56.7 Å². The third-order valence-corrected chi connectivity index (χ3v) is 14.2. The van der Waals surface area contributed by atoms with Crippen molar-refractivity contribution in [2.24, 2.45) is 5.73 Å². The van der Waals surface area contributed by atoms with Crippen molar-refractivity contribution < 1.29 is 45.6 Å². The first kappa shape index (κ1) is 40.3. The summed E-state index contributed by atoms with van der Waals surface area (Å²) in [4.78, 5) is 49.5. The molecule has 0 aliphatic rings. The first-order valence-electron chi connectivity index (χ1n) is 15.3. The lowest BCUT2D eigenvalue weighted by Crippen LogP contribution is -3.00. The van der Waals surface area contributed by atoms with Crippen LogP contribution in [0, 0.1) is 0 Å². The molecule has 2 atom stereocenters. The molecule has 0 saturated heterocycles. The van der Waals surface area contributed by atoms with Gasteiger partial charge in [0.15, 0.2) is 0 Å². The summed E-state index contributed by atoms with van der Waals surface area (Å²) < 4.78 is 9.82. The van der Waals surface area contributed by atoms with E-state index in [1.807, 2.05) is 18.2 Å². The van der Waals surface area contributed by atoms with Crippen molar-refractivity contribution >= 4 is 68.5 Å². The Kier molecular flexibility index (Phi) is 18.8. The number of hydrogen-bond donors (Lipinski definition) is 3. The number of benzene rings is 3.